The molecule has 0 aromatic heterocycles. The summed E-state index contributed by atoms with van der Waals surface area (Å²) in [6.07, 6.45) is 0. The Morgan fingerprint density at radius 1 is 1.17 bits per heavy atom. The molecule has 30 heavy (non-hydrogen) atoms. The van der Waals surface area contributed by atoms with Gasteiger partial charge in [-0.25, -0.2) is 13.6 Å². The molecule has 2 N–H and O–H groups in total. The molecular formula is C21H15F2N3O4. The van der Waals surface area contributed by atoms with Crippen molar-refractivity contribution in [3.63, 3.8) is 0 Å². The van der Waals surface area contributed by atoms with Gasteiger partial charge in [-0.05, 0) is 29.8 Å². The Balaban J connectivity index is 1.69. The van der Waals surface area contributed by atoms with Crippen LogP contribution in [0.3, 0.4) is 0 Å². The van der Waals surface area contributed by atoms with E-state index >= 15 is 0 Å². The Bertz CT molecular complexity index is 1130. The number of nitrogens with one attached hydrogen (secondary N) is 2. The molecule has 0 aliphatic carbocycles. The molecule has 0 spiro atoms. The highest BCUT2D eigenvalue weighted by molar-refractivity contribution is 6.10. The summed E-state index contributed by atoms with van der Waals surface area (Å²) in [7, 11) is 1.48. The number of fused-ring (bicyclic) bond motifs is 1. The van der Waals surface area contributed by atoms with E-state index in [0.29, 0.717) is 16.9 Å². The second-order valence-electron chi connectivity index (χ2n) is 6.84. The summed E-state index contributed by atoms with van der Waals surface area (Å²) in [5.41, 5.74) is -1.27. The first kappa shape index (κ1) is 19.4. The lowest BCUT2D eigenvalue weighted by Crippen LogP contribution is -2.54. The van der Waals surface area contributed by atoms with Crippen molar-refractivity contribution in [1.29, 1.82) is 0 Å². The maximum atomic E-state index is 13.9. The highest BCUT2D eigenvalue weighted by Crippen LogP contribution is 2.28. The Kier molecular flexibility index (Phi) is 4.62. The van der Waals surface area contributed by atoms with Crippen molar-refractivity contribution in [2.45, 2.75) is 12.1 Å². The smallest absolute Gasteiger partial charge is 0.323 e. The molecule has 2 aromatic carbocycles. The zero-order valence-corrected chi connectivity index (χ0v) is 15.7. The molecule has 0 bridgehead atoms. The predicted octanol–water partition coefficient (Wildman–Crippen LogP) is 1.56. The number of imide groups is 1. The molecule has 0 saturated carbocycles. The highest BCUT2D eigenvalue weighted by atomic mass is 19.1. The quantitative estimate of drug-likeness (QED) is 0.593. The third-order valence-electron chi connectivity index (χ3n) is 4.93. The van der Waals surface area contributed by atoms with E-state index in [1.165, 1.54) is 18.1 Å². The lowest BCUT2D eigenvalue weighted by Gasteiger charge is -2.26. The summed E-state index contributed by atoms with van der Waals surface area (Å²) in [6, 6.07) is 7.45. The van der Waals surface area contributed by atoms with E-state index < -0.39 is 34.7 Å². The number of hydrogen-bond acceptors (Lipinski definition) is 4. The van der Waals surface area contributed by atoms with E-state index in [0.717, 1.165) is 12.1 Å². The molecule has 2 aromatic rings. The summed E-state index contributed by atoms with van der Waals surface area (Å²) in [5, 5.41) is 4.45. The number of carbonyl (C=O) groups is 3. The average molecular weight is 411 g/mol. The molecule has 2 aliphatic heterocycles. The molecule has 152 valence electrons. The van der Waals surface area contributed by atoms with Gasteiger partial charge < -0.3 is 15.0 Å². The van der Waals surface area contributed by atoms with Crippen molar-refractivity contribution >= 4 is 17.8 Å². The molecule has 0 unspecified atom stereocenters. The standard InChI is InChI=1S/C21H15F2N3O4/c1-30-13-6-5-12-10-26(18(27)15(12)9-13)11-21(19(28)24-20(29)25-21)8-7-14-16(22)3-2-4-17(14)23/h2-6,9H,10-11H2,1H3,(H2,24,25,28,29)/t21-/m1/s1. The maximum Gasteiger partial charge on any atom is 0.323 e. The second kappa shape index (κ2) is 7.15. The lowest BCUT2D eigenvalue weighted by atomic mass is 9.99. The summed E-state index contributed by atoms with van der Waals surface area (Å²) in [6.45, 7) is -0.123. The predicted molar refractivity (Wildman–Crippen MR) is 100 cm³/mol. The molecule has 2 aliphatic rings. The Labute approximate surface area is 170 Å². The van der Waals surface area contributed by atoms with Gasteiger partial charge in [-0.3, -0.25) is 14.9 Å². The van der Waals surface area contributed by atoms with Crippen molar-refractivity contribution in [2.24, 2.45) is 0 Å². The Hall–Kier alpha value is -3.93. The number of nitrogens with zero attached hydrogens (tertiary/aromatic N) is 1. The number of halogens is 2. The molecule has 4 amide bonds. The van der Waals surface area contributed by atoms with E-state index in [9.17, 15) is 23.2 Å². The molecular weight excluding hydrogens is 396 g/mol. The van der Waals surface area contributed by atoms with Crippen LogP contribution in [-0.2, 0) is 11.3 Å². The number of urea groups is 1. The van der Waals surface area contributed by atoms with E-state index in [1.54, 1.807) is 18.2 Å². The first-order valence-electron chi connectivity index (χ1n) is 8.90. The zero-order valence-electron chi connectivity index (χ0n) is 15.7. The first-order chi connectivity index (χ1) is 14.3. The van der Waals surface area contributed by atoms with Crippen LogP contribution in [0.15, 0.2) is 36.4 Å². The first-order valence-corrected chi connectivity index (χ1v) is 8.90. The molecule has 4 rings (SSSR count). The fourth-order valence-electron chi connectivity index (χ4n) is 3.40. The molecule has 1 fully saturated rings. The number of rotatable bonds is 3. The van der Waals surface area contributed by atoms with Gasteiger partial charge in [0.1, 0.15) is 17.4 Å². The van der Waals surface area contributed by atoms with Crippen molar-refractivity contribution in [1.82, 2.24) is 15.5 Å². The summed E-state index contributed by atoms with van der Waals surface area (Å²) in [4.78, 5) is 38.5. The minimum absolute atomic E-state index is 0.179. The molecule has 7 nitrogen and oxygen atoms in total. The normalized spacial score (nSPS) is 19.7. The summed E-state index contributed by atoms with van der Waals surface area (Å²) < 4.78 is 33.0. The van der Waals surface area contributed by atoms with Crippen LogP contribution in [0, 0.1) is 23.5 Å². The SMILES string of the molecule is COc1ccc2c(c1)C(=O)N(C[C@@]1(C#Cc3c(F)cccc3F)NC(=O)NC1=O)C2. The minimum Gasteiger partial charge on any atom is -0.497 e. The van der Waals surface area contributed by atoms with Gasteiger partial charge >= 0.3 is 6.03 Å². The number of benzene rings is 2. The van der Waals surface area contributed by atoms with Gasteiger partial charge in [0.05, 0.1) is 19.2 Å². The van der Waals surface area contributed by atoms with Crippen molar-refractivity contribution in [2.75, 3.05) is 13.7 Å². The Morgan fingerprint density at radius 3 is 2.53 bits per heavy atom. The fraction of sp³-hybridized carbons (Fsp3) is 0.190. The van der Waals surface area contributed by atoms with Gasteiger partial charge in [-0.2, -0.15) is 0 Å². The van der Waals surface area contributed by atoms with E-state index in [2.05, 4.69) is 22.5 Å². The highest BCUT2D eigenvalue weighted by Gasteiger charge is 2.48. The summed E-state index contributed by atoms with van der Waals surface area (Å²) >= 11 is 0. The van der Waals surface area contributed by atoms with E-state index in [4.69, 9.17) is 4.74 Å². The topological polar surface area (TPSA) is 87.7 Å². The van der Waals surface area contributed by atoms with Crippen molar-refractivity contribution < 1.29 is 27.9 Å². The van der Waals surface area contributed by atoms with E-state index in [1.807, 2.05) is 0 Å². The van der Waals surface area contributed by atoms with Crippen LogP contribution in [0.2, 0.25) is 0 Å². The maximum absolute atomic E-state index is 13.9. The number of carbonyl (C=O) groups excluding carboxylic acids is 3. The number of hydrogen-bond donors (Lipinski definition) is 2. The third kappa shape index (κ3) is 3.22. The van der Waals surface area contributed by atoms with Crippen LogP contribution >= 0.6 is 0 Å². The second-order valence-corrected chi connectivity index (χ2v) is 6.84. The fourth-order valence-corrected chi connectivity index (χ4v) is 3.40. The molecule has 1 atom stereocenters. The minimum atomic E-state index is -1.85. The number of methoxy groups -OCH3 is 1. The average Bonchev–Trinajstić information content (AvgIpc) is 3.16. The van der Waals surface area contributed by atoms with Crippen LogP contribution in [0.1, 0.15) is 21.5 Å². The Morgan fingerprint density at radius 2 is 1.90 bits per heavy atom. The van der Waals surface area contributed by atoms with Crippen LogP contribution in [-0.4, -0.2) is 41.9 Å². The monoisotopic (exact) mass is 411 g/mol. The number of amides is 4. The van der Waals surface area contributed by atoms with Crippen molar-refractivity contribution in [3.05, 3.63) is 64.7 Å². The van der Waals surface area contributed by atoms with Gasteiger partial charge in [-0.15, -0.1) is 0 Å². The van der Waals surface area contributed by atoms with E-state index in [-0.39, 0.29) is 19.0 Å². The molecule has 1 saturated heterocycles. The van der Waals surface area contributed by atoms with Gasteiger partial charge in [0.15, 0.2) is 0 Å². The van der Waals surface area contributed by atoms with Gasteiger partial charge in [0.25, 0.3) is 11.8 Å². The zero-order chi connectivity index (χ0) is 21.5. The largest absolute Gasteiger partial charge is 0.497 e. The van der Waals surface area contributed by atoms with Crippen LogP contribution < -0.4 is 15.4 Å². The third-order valence-corrected chi connectivity index (χ3v) is 4.93. The number of ether oxygens (including phenoxy) is 1. The molecule has 0 radical (unpaired) electrons. The molecule has 9 heteroatoms. The van der Waals surface area contributed by atoms with Crippen LogP contribution in [0.5, 0.6) is 5.75 Å². The van der Waals surface area contributed by atoms with Crippen LogP contribution in [0.25, 0.3) is 0 Å². The van der Waals surface area contributed by atoms with Gasteiger partial charge in [-0.1, -0.05) is 24.0 Å². The van der Waals surface area contributed by atoms with Crippen molar-refractivity contribution in [3.8, 4) is 17.6 Å². The van der Waals surface area contributed by atoms with Crippen LogP contribution in [0.4, 0.5) is 13.6 Å². The lowest BCUT2D eigenvalue weighted by molar-refractivity contribution is -0.122. The van der Waals surface area contributed by atoms with Gasteiger partial charge in [0.2, 0.25) is 5.54 Å². The summed E-state index contributed by atoms with van der Waals surface area (Å²) in [5.74, 6) is 2.29. The molecule has 2 heterocycles. The van der Waals surface area contributed by atoms with Gasteiger partial charge in [0, 0.05) is 12.1 Å².